The zero-order chi connectivity index (χ0) is 15.4. The molecule has 22 heavy (non-hydrogen) atoms. The highest BCUT2D eigenvalue weighted by Crippen LogP contribution is 2.25. The molecule has 1 N–H and O–H groups in total. The topological polar surface area (TPSA) is 50.9 Å². The molecule has 3 rings (SSSR count). The lowest BCUT2D eigenvalue weighted by atomic mass is 10.1. The summed E-state index contributed by atoms with van der Waals surface area (Å²) in [5.74, 6) is 1.38. The van der Waals surface area contributed by atoms with Gasteiger partial charge in [-0.2, -0.15) is 0 Å². The molecule has 0 aliphatic carbocycles. The molecule has 0 aliphatic rings. The third-order valence-corrected chi connectivity index (χ3v) is 4.53. The van der Waals surface area contributed by atoms with Gasteiger partial charge >= 0.3 is 0 Å². The number of hydrogen-bond acceptors (Lipinski definition) is 4. The first-order valence-electron chi connectivity index (χ1n) is 7.04. The average Bonchev–Trinajstić information content (AvgIpc) is 2.95. The SMILES string of the molecule is Cn1c(SCc2ccccc2)nnc1[C@@H](O)c1ccccc1. The highest BCUT2D eigenvalue weighted by atomic mass is 32.2. The number of rotatable bonds is 5. The third-order valence-electron chi connectivity index (χ3n) is 3.44. The Bertz CT molecular complexity index is 728. The Labute approximate surface area is 133 Å². The van der Waals surface area contributed by atoms with Gasteiger partial charge in [-0.25, -0.2) is 0 Å². The quantitative estimate of drug-likeness (QED) is 0.735. The molecule has 0 aliphatic heterocycles. The Balaban J connectivity index is 1.75. The maximum absolute atomic E-state index is 10.4. The minimum atomic E-state index is -0.759. The Hall–Kier alpha value is -2.11. The number of thioether (sulfide) groups is 1. The Morgan fingerprint density at radius 2 is 1.64 bits per heavy atom. The molecule has 4 nitrogen and oxygen atoms in total. The van der Waals surface area contributed by atoms with E-state index in [2.05, 4.69) is 22.3 Å². The Morgan fingerprint density at radius 1 is 1.00 bits per heavy atom. The van der Waals surface area contributed by atoms with E-state index in [0.717, 1.165) is 16.5 Å². The van der Waals surface area contributed by atoms with Crippen molar-refractivity contribution in [1.82, 2.24) is 14.8 Å². The second-order valence-corrected chi connectivity index (χ2v) is 5.93. The van der Waals surface area contributed by atoms with Gasteiger partial charge in [0.1, 0.15) is 6.10 Å². The van der Waals surface area contributed by atoms with Crippen LogP contribution in [-0.4, -0.2) is 19.9 Å². The summed E-state index contributed by atoms with van der Waals surface area (Å²) in [5, 5.41) is 19.6. The van der Waals surface area contributed by atoms with Crippen LogP contribution < -0.4 is 0 Å². The van der Waals surface area contributed by atoms with E-state index in [0.29, 0.717) is 5.82 Å². The van der Waals surface area contributed by atoms with E-state index in [4.69, 9.17) is 0 Å². The molecular weight excluding hydrogens is 294 g/mol. The molecule has 0 saturated heterocycles. The van der Waals surface area contributed by atoms with Crippen LogP contribution in [0, 0.1) is 0 Å². The Morgan fingerprint density at radius 3 is 2.32 bits per heavy atom. The van der Waals surface area contributed by atoms with Crippen molar-refractivity contribution >= 4 is 11.8 Å². The van der Waals surface area contributed by atoms with Crippen molar-refractivity contribution in [2.45, 2.75) is 17.0 Å². The fourth-order valence-corrected chi connectivity index (χ4v) is 3.07. The van der Waals surface area contributed by atoms with E-state index in [9.17, 15) is 5.11 Å². The molecule has 3 aromatic rings. The van der Waals surface area contributed by atoms with Crippen molar-refractivity contribution in [3.8, 4) is 0 Å². The van der Waals surface area contributed by atoms with Gasteiger partial charge in [0.2, 0.25) is 0 Å². The van der Waals surface area contributed by atoms with E-state index in [1.165, 1.54) is 5.56 Å². The fourth-order valence-electron chi connectivity index (χ4n) is 2.20. The van der Waals surface area contributed by atoms with Crippen LogP contribution in [0.1, 0.15) is 23.1 Å². The van der Waals surface area contributed by atoms with Crippen LogP contribution in [0.5, 0.6) is 0 Å². The summed E-state index contributed by atoms with van der Waals surface area (Å²) in [6, 6.07) is 19.7. The molecule has 5 heteroatoms. The van der Waals surface area contributed by atoms with Gasteiger partial charge in [0.05, 0.1) is 0 Å². The number of hydrogen-bond donors (Lipinski definition) is 1. The zero-order valence-electron chi connectivity index (χ0n) is 12.3. The predicted molar refractivity (Wildman–Crippen MR) is 87.5 cm³/mol. The average molecular weight is 311 g/mol. The minimum absolute atomic E-state index is 0.557. The van der Waals surface area contributed by atoms with Gasteiger partial charge in [-0.3, -0.25) is 0 Å². The molecule has 1 aromatic heterocycles. The molecule has 1 heterocycles. The number of aromatic nitrogens is 3. The molecular formula is C17H17N3OS. The second-order valence-electron chi connectivity index (χ2n) is 4.99. The molecule has 0 fully saturated rings. The summed E-state index contributed by atoms with van der Waals surface area (Å²) in [4.78, 5) is 0. The molecule has 1 atom stereocenters. The molecule has 0 amide bonds. The van der Waals surface area contributed by atoms with Gasteiger partial charge in [0.15, 0.2) is 11.0 Å². The van der Waals surface area contributed by atoms with Crippen molar-refractivity contribution in [2.75, 3.05) is 0 Å². The van der Waals surface area contributed by atoms with Crippen LogP contribution >= 0.6 is 11.8 Å². The van der Waals surface area contributed by atoms with Gasteiger partial charge in [0.25, 0.3) is 0 Å². The van der Waals surface area contributed by atoms with Crippen LogP contribution in [0.15, 0.2) is 65.8 Å². The Kier molecular flexibility index (Phi) is 4.56. The maximum Gasteiger partial charge on any atom is 0.191 e. The summed E-state index contributed by atoms with van der Waals surface area (Å²) >= 11 is 1.61. The summed E-state index contributed by atoms with van der Waals surface area (Å²) < 4.78 is 1.85. The van der Waals surface area contributed by atoms with Crippen LogP contribution in [-0.2, 0) is 12.8 Å². The third kappa shape index (κ3) is 3.21. The van der Waals surface area contributed by atoms with E-state index in [-0.39, 0.29) is 0 Å². The normalized spacial score (nSPS) is 12.3. The van der Waals surface area contributed by atoms with E-state index >= 15 is 0 Å². The van der Waals surface area contributed by atoms with Crippen molar-refractivity contribution < 1.29 is 5.11 Å². The summed E-state index contributed by atoms with van der Waals surface area (Å²) in [5.41, 5.74) is 2.05. The highest BCUT2D eigenvalue weighted by molar-refractivity contribution is 7.98. The number of aliphatic hydroxyl groups is 1. The van der Waals surface area contributed by atoms with Crippen molar-refractivity contribution in [1.29, 1.82) is 0 Å². The molecule has 0 spiro atoms. The smallest absolute Gasteiger partial charge is 0.191 e. The molecule has 0 bridgehead atoms. The van der Waals surface area contributed by atoms with Gasteiger partial charge < -0.3 is 9.67 Å². The number of nitrogens with zero attached hydrogens (tertiary/aromatic N) is 3. The zero-order valence-corrected chi connectivity index (χ0v) is 13.1. The lowest BCUT2D eigenvalue weighted by Crippen LogP contribution is -2.07. The number of benzene rings is 2. The fraction of sp³-hybridized carbons (Fsp3) is 0.176. The number of aliphatic hydroxyl groups excluding tert-OH is 1. The van der Waals surface area contributed by atoms with E-state index in [1.54, 1.807) is 11.8 Å². The minimum Gasteiger partial charge on any atom is -0.380 e. The van der Waals surface area contributed by atoms with Crippen LogP contribution in [0.25, 0.3) is 0 Å². The van der Waals surface area contributed by atoms with Crippen molar-refractivity contribution in [2.24, 2.45) is 7.05 Å². The standard InChI is InChI=1S/C17H17N3OS/c1-20-16(15(21)14-10-6-3-7-11-14)18-19-17(20)22-12-13-8-4-2-5-9-13/h2-11,15,21H,12H2,1H3/t15-/m0/s1. The van der Waals surface area contributed by atoms with Crippen LogP contribution in [0.4, 0.5) is 0 Å². The summed E-state index contributed by atoms with van der Waals surface area (Å²) in [6.07, 6.45) is -0.759. The van der Waals surface area contributed by atoms with Gasteiger partial charge in [-0.1, -0.05) is 72.4 Å². The van der Waals surface area contributed by atoms with Crippen LogP contribution in [0.3, 0.4) is 0 Å². The first kappa shape index (κ1) is 14.8. The molecule has 0 radical (unpaired) electrons. The maximum atomic E-state index is 10.4. The van der Waals surface area contributed by atoms with Gasteiger partial charge in [0, 0.05) is 12.8 Å². The first-order valence-corrected chi connectivity index (χ1v) is 8.03. The van der Waals surface area contributed by atoms with Crippen molar-refractivity contribution in [3.63, 3.8) is 0 Å². The van der Waals surface area contributed by atoms with E-state index < -0.39 is 6.10 Å². The molecule has 2 aromatic carbocycles. The molecule has 0 unspecified atom stereocenters. The second kappa shape index (κ2) is 6.77. The molecule has 0 saturated carbocycles. The monoisotopic (exact) mass is 311 g/mol. The lowest BCUT2D eigenvalue weighted by Gasteiger charge is -2.10. The summed E-state index contributed by atoms with van der Waals surface area (Å²) in [7, 11) is 1.88. The largest absolute Gasteiger partial charge is 0.380 e. The lowest BCUT2D eigenvalue weighted by molar-refractivity contribution is 0.205. The predicted octanol–water partition coefficient (Wildman–Crippen LogP) is 3.19. The van der Waals surface area contributed by atoms with Gasteiger partial charge in [-0.15, -0.1) is 10.2 Å². The molecule has 112 valence electrons. The van der Waals surface area contributed by atoms with Gasteiger partial charge in [-0.05, 0) is 11.1 Å². The van der Waals surface area contributed by atoms with E-state index in [1.807, 2.05) is 60.1 Å². The first-order chi connectivity index (χ1) is 10.8. The summed E-state index contributed by atoms with van der Waals surface area (Å²) in [6.45, 7) is 0. The van der Waals surface area contributed by atoms with Crippen molar-refractivity contribution in [3.05, 3.63) is 77.6 Å². The highest BCUT2D eigenvalue weighted by Gasteiger charge is 2.18. The van der Waals surface area contributed by atoms with Crippen LogP contribution in [0.2, 0.25) is 0 Å².